The molecular weight excluding hydrogens is 290 g/mol. The van der Waals surface area contributed by atoms with Gasteiger partial charge in [0.15, 0.2) is 0 Å². The Bertz CT molecular complexity index is 518. The van der Waals surface area contributed by atoms with Crippen LogP contribution in [0.3, 0.4) is 0 Å². The summed E-state index contributed by atoms with van der Waals surface area (Å²) in [5.74, 6) is 2.86. The van der Waals surface area contributed by atoms with Crippen molar-refractivity contribution in [3.05, 3.63) is 41.6 Å². The van der Waals surface area contributed by atoms with Crippen LogP contribution in [0.4, 0.5) is 0 Å². The number of alkyl halides is 1. The van der Waals surface area contributed by atoms with Crippen molar-refractivity contribution in [1.82, 2.24) is 4.98 Å². The van der Waals surface area contributed by atoms with E-state index in [9.17, 15) is 0 Å². The molecule has 1 aromatic carbocycles. The molecule has 0 unspecified atom stereocenters. The van der Waals surface area contributed by atoms with Crippen LogP contribution < -0.4 is 14.2 Å². The molecule has 1 heterocycles. The van der Waals surface area contributed by atoms with Crippen molar-refractivity contribution in [3.63, 3.8) is 0 Å². The smallest absolute Gasteiger partial charge is 0.219 e. The summed E-state index contributed by atoms with van der Waals surface area (Å²) in [5, 5.41) is 0. The summed E-state index contributed by atoms with van der Waals surface area (Å²) in [4.78, 5) is 4.44. The van der Waals surface area contributed by atoms with E-state index < -0.39 is 0 Å². The lowest BCUT2D eigenvalue weighted by Gasteiger charge is -2.11. The van der Waals surface area contributed by atoms with Crippen molar-refractivity contribution in [2.75, 3.05) is 14.2 Å². The summed E-state index contributed by atoms with van der Waals surface area (Å²) < 4.78 is 16.3. The molecule has 4 nitrogen and oxygen atoms in total. The van der Waals surface area contributed by atoms with Gasteiger partial charge in [0.2, 0.25) is 5.88 Å². The van der Waals surface area contributed by atoms with Gasteiger partial charge in [0.05, 0.1) is 14.2 Å². The van der Waals surface area contributed by atoms with Gasteiger partial charge in [-0.2, -0.15) is 0 Å². The van der Waals surface area contributed by atoms with E-state index in [1.165, 1.54) is 0 Å². The Morgan fingerprint density at radius 1 is 0.952 bits per heavy atom. The first-order valence-electron chi connectivity index (χ1n) is 6.65. The molecule has 0 amide bonds. The van der Waals surface area contributed by atoms with Gasteiger partial charge >= 0.3 is 0 Å². The van der Waals surface area contributed by atoms with Crippen molar-refractivity contribution in [2.45, 2.75) is 19.2 Å². The first kappa shape index (κ1) is 15.4. The Morgan fingerprint density at radius 3 is 2.10 bits per heavy atom. The number of ether oxygens (including phenoxy) is 3. The maximum Gasteiger partial charge on any atom is 0.219 e. The number of aromatic nitrogens is 1. The maximum absolute atomic E-state index is 5.90. The van der Waals surface area contributed by atoms with Crippen LogP contribution in [0.2, 0.25) is 0 Å². The van der Waals surface area contributed by atoms with Crippen LogP contribution in [0.5, 0.6) is 23.1 Å². The predicted octanol–water partition coefficient (Wildman–Crippen LogP) is 4.19. The van der Waals surface area contributed by atoms with Gasteiger partial charge in [0, 0.05) is 35.8 Å². The van der Waals surface area contributed by atoms with E-state index in [0.717, 1.165) is 17.7 Å². The average Bonchev–Trinajstić information content (AvgIpc) is 2.53. The number of halogens is 1. The average molecular weight is 308 g/mol. The van der Waals surface area contributed by atoms with Crippen molar-refractivity contribution in [1.29, 1.82) is 0 Å². The molecular formula is C16H18ClNO3. The van der Waals surface area contributed by atoms with Gasteiger partial charge in [-0.15, -0.1) is 11.6 Å². The van der Waals surface area contributed by atoms with E-state index in [1.807, 2.05) is 19.1 Å². The number of pyridine rings is 1. The monoisotopic (exact) mass is 307 g/mol. The molecule has 0 aliphatic heterocycles. The Labute approximate surface area is 129 Å². The highest BCUT2D eigenvalue weighted by molar-refractivity contribution is 6.17. The largest absolute Gasteiger partial charge is 0.496 e. The maximum atomic E-state index is 5.90. The van der Waals surface area contributed by atoms with Crippen molar-refractivity contribution in [3.8, 4) is 23.1 Å². The fourth-order valence-corrected chi connectivity index (χ4v) is 2.05. The fraction of sp³-hybridized carbons (Fsp3) is 0.312. The highest BCUT2D eigenvalue weighted by Gasteiger charge is 2.07. The minimum Gasteiger partial charge on any atom is -0.496 e. The summed E-state index contributed by atoms with van der Waals surface area (Å²) in [6, 6.07) is 9.16. The molecule has 112 valence electrons. The van der Waals surface area contributed by atoms with Gasteiger partial charge in [0.25, 0.3) is 0 Å². The zero-order valence-corrected chi connectivity index (χ0v) is 13.1. The molecule has 5 heteroatoms. The summed E-state index contributed by atoms with van der Waals surface area (Å²) in [6.07, 6.45) is 0.822. The molecule has 1 aromatic heterocycles. The highest BCUT2D eigenvalue weighted by atomic mass is 35.5. The first-order chi connectivity index (χ1) is 10.2. The number of hydrogen-bond donors (Lipinski definition) is 0. The lowest BCUT2D eigenvalue weighted by Crippen LogP contribution is -1.96. The van der Waals surface area contributed by atoms with Crippen LogP contribution in [0, 0.1) is 0 Å². The van der Waals surface area contributed by atoms with Gasteiger partial charge in [-0.3, -0.25) is 0 Å². The standard InChI is InChI=1S/C16H18ClNO3/c1-4-12-5-11(10-17)6-16(18-12)21-15-8-13(19-2)7-14(9-15)20-3/h5-9H,4,10H2,1-3H3. The molecule has 0 atom stereocenters. The molecule has 0 fully saturated rings. The lowest BCUT2D eigenvalue weighted by atomic mass is 10.2. The van der Waals surface area contributed by atoms with Crippen molar-refractivity contribution < 1.29 is 14.2 Å². The number of nitrogens with zero attached hydrogens (tertiary/aromatic N) is 1. The Morgan fingerprint density at radius 2 is 1.57 bits per heavy atom. The third kappa shape index (κ3) is 4.02. The fourth-order valence-electron chi connectivity index (χ4n) is 1.89. The molecule has 0 aliphatic carbocycles. The minimum absolute atomic E-state index is 0.424. The number of aryl methyl sites for hydroxylation is 1. The van der Waals surface area contributed by atoms with E-state index in [4.69, 9.17) is 25.8 Å². The van der Waals surface area contributed by atoms with E-state index in [1.54, 1.807) is 32.4 Å². The number of methoxy groups -OCH3 is 2. The molecule has 0 saturated carbocycles. The third-order valence-corrected chi connectivity index (χ3v) is 3.29. The van der Waals surface area contributed by atoms with Crippen LogP contribution in [0.15, 0.2) is 30.3 Å². The Hall–Kier alpha value is -1.94. The van der Waals surface area contributed by atoms with Crippen LogP contribution in [0.25, 0.3) is 0 Å². The number of benzene rings is 1. The van der Waals surface area contributed by atoms with Crippen molar-refractivity contribution in [2.24, 2.45) is 0 Å². The molecule has 2 aromatic rings. The van der Waals surface area contributed by atoms with Gasteiger partial charge in [-0.05, 0) is 18.1 Å². The van der Waals surface area contributed by atoms with E-state index in [0.29, 0.717) is 29.0 Å². The third-order valence-electron chi connectivity index (χ3n) is 2.98. The first-order valence-corrected chi connectivity index (χ1v) is 7.18. The Kier molecular flexibility index (Phi) is 5.28. The quantitative estimate of drug-likeness (QED) is 0.750. The second kappa shape index (κ2) is 7.18. The lowest BCUT2D eigenvalue weighted by molar-refractivity contribution is 0.385. The zero-order valence-electron chi connectivity index (χ0n) is 12.4. The summed E-state index contributed by atoms with van der Waals surface area (Å²) in [6.45, 7) is 2.04. The van der Waals surface area contributed by atoms with Gasteiger partial charge in [-0.25, -0.2) is 4.98 Å². The van der Waals surface area contributed by atoms with Crippen LogP contribution in [0.1, 0.15) is 18.2 Å². The molecule has 0 bridgehead atoms. The predicted molar refractivity (Wildman–Crippen MR) is 82.8 cm³/mol. The van der Waals surface area contributed by atoms with E-state index >= 15 is 0 Å². The molecule has 0 aliphatic rings. The van der Waals surface area contributed by atoms with Gasteiger partial charge in [-0.1, -0.05) is 6.92 Å². The molecule has 0 saturated heterocycles. The Balaban J connectivity index is 2.32. The highest BCUT2D eigenvalue weighted by Crippen LogP contribution is 2.30. The summed E-state index contributed by atoms with van der Waals surface area (Å²) in [7, 11) is 3.19. The molecule has 0 spiro atoms. The summed E-state index contributed by atoms with van der Waals surface area (Å²) >= 11 is 5.90. The molecule has 0 radical (unpaired) electrons. The normalized spacial score (nSPS) is 10.3. The molecule has 0 N–H and O–H groups in total. The molecule has 2 rings (SSSR count). The van der Waals surface area contributed by atoms with Crippen LogP contribution in [-0.4, -0.2) is 19.2 Å². The minimum atomic E-state index is 0.424. The van der Waals surface area contributed by atoms with Crippen molar-refractivity contribution >= 4 is 11.6 Å². The number of hydrogen-bond acceptors (Lipinski definition) is 4. The van der Waals surface area contributed by atoms with Gasteiger partial charge < -0.3 is 14.2 Å². The second-order valence-corrected chi connectivity index (χ2v) is 4.71. The molecule has 21 heavy (non-hydrogen) atoms. The topological polar surface area (TPSA) is 40.6 Å². The van der Waals surface area contributed by atoms with Gasteiger partial charge in [0.1, 0.15) is 17.2 Å². The SMILES string of the molecule is CCc1cc(CCl)cc(Oc2cc(OC)cc(OC)c2)n1. The summed E-state index contributed by atoms with van der Waals surface area (Å²) in [5.41, 5.74) is 1.92. The zero-order chi connectivity index (χ0) is 15.2. The van der Waals surface area contributed by atoms with E-state index in [2.05, 4.69) is 4.98 Å². The van der Waals surface area contributed by atoms with E-state index in [-0.39, 0.29) is 0 Å². The number of rotatable bonds is 6. The van der Waals surface area contributed by atoms with Crippen LogP contribution >= 0.6 is 11.6 Å². The van der Waals surface area contributed by atoms with Crippen LogP contribution in [-0.2, 0) is 12.3 Å². The second-order valence-electron chi connectivity index (χ2n) is 4.44.